The molecule has 1 fully saturated rings. The zero-order chi connectivity index (χ0) is 12.7. The Labute approximate surface area is 105 Å². The summed E-state index contributed by atoms with van der Waals surface area (Å²) < 4.78 is 5.61. The van der Waals surface area contributed by atoms with Gasteiger partial charge in [0.25, 0.3) is 0 Å². The van der Waals surface area contributed by atoms with E-state index in [1.807, 2.05) is 13.8 Å². The Bertz CT molecular complexity index is 258. The van der Waals surface area contributed by atoms with E-state index in [4.69, 9.17) is 10.00 Å². The monoisotopic (exact) mass is 239 g/mol. The smallest absolute Gasteiger partial charge is 0.105 e. The summed E-state index contributed by atoms with van der Waals surface area (Å²) in [5, 5.41) is 12.4. The van der Waals surface area contributed by atoms with Crippen molar-refractivity contribution in [3.05, 3.63) is 0 Å². The van der Waals surface area contributed by atoms with Crippen molar-refractivity contribution in [2.75, 3.05) is 33.3 Å². The normalized spacial score (nSPS) is 23.6. The van der Waals surface area contributed by atoms with Crippen LogP contribution in [0.15, 0.2) is 0 Å². The van der Waals surface area contributed by atoms with E-state index in [2.05, 4.69) is 23.3 Å². The highest BCUT2D eigenvalue weighted by Gasteiger charge is 2.23. The molecule has 1 N–H and O–H groups in total. The van der Waals surface area contributed by atoms with Gasteiger partial charge in [-0.15, -0.1) is 0 Å². The second-order valence-corrected chi connectivity index (χ2v) is 5.12. The molecule has 98 valence electrons. The van der Waals surface area contributed by atoms with Gasteiger partial charge >= 0.3 is 0 Å². The average Bonchev–Trinajstić information content (AvgIpc) is 2.80. The number of hydrogen-bond acceptors (Lipinski definition) is 4. The molecule has 1 rings (SSSR count). The lowest BCUT2D eigenvalue weighted by molar-refractivity contribution is 0.0794. The fourth-order valence-corrected chi connectivity index (χ4v) is 2.22. The van der Waals surface area contributed by atoms with Gasteiger partial charge in [0.1, 0.15) is 5.54 Å². The van der Waals surface area contributed by atoms with E-state index in [0.717, 1.165) is 32.7 Å². The van der Waals surface area contributed by atoms with Gasteiger partial charge in [-0.05, 0) is 39.8 Å². The van der Waals surface area contributed by atoms with Gasteiger partial charge in [-0.25, -0.2) is 0 Å². The van der Waals surface area contributed by atoms with Crippen molar-refractivity contribution in [1.82, 2.24) is 10.2 Å². The average molecular weight is 239 g/mol. The number of ether oxygens (including phenoxy) is 1. The highest BCUT2D eigenvalue weighted by molar-refractivity contribution is 5.03. The number of nitrogens with zero attached hydrogens (tertiary/aromatic N) is 2. The molecule has 0 radical (unpaired) electrons. The predicted molar refractivity (Wildman–Crippen MR) is 68.8 cm³/mol. The minimum absolute atomic E-state index is 0.396. The van der Waals surface area contributed by atoms with Gasteiger partial charge in [0.05, 0.1) is 12.2 Å². The summed E-state index contributed by atoms with van der Waals surface area (Å²) in [6.45, 7) is 7.65. The Kier molecular flexibility index (Phi) is 5.90. The molecule has 4 heteroatoms. The van der Waals surface area contributed by atoms with Crippen molar-refractivity contribution in [2.24, 2.45) is 0 Å². The third-order valence-electron chi connectivity index (χ3n) is 3.35. The van der Waals surface area contributed by atoms with Crippen LogP contribution in [0.2, 0.25) is 0 Å². The number of nitrogens with one attached hydrogen (secondary N) is 1. The molecule has 4 nitrogen and oxygen atoms in total. The zero-order valence-corrected chi connectivity index (χ0v) is 11.3. The van der Waals surface area contributed by atoms with Crippen LogP contribution in [0.1, 0.15) is 33.1 Å². The molecule has 1 saturated heterocycles. The molecule has 0 saturated carbocycles. The first kappa shape index (κ1) is 14.4. The Balaban J connectivity index is 2.26. The van der Waals surface area contributed by atoms with Crippen LogP contribution >= 0.6 is 0 Å². The molecular formula is C13H25N3O. The molecule has 0 amide bonds. The highest BCUT2D eigenvalue weighted by Crippen LogP contribution is 2.14. The van der Waals surface area contributed by atoms with Crippen LogP contribution < -0.4 is 5.32 Å². The van der Waals surface area contributed by atoms with E-state index in [9.17, 15) is 0 Å². The first-order valence-corrected chi connectivity index (χ1v) is 6.56. The minimum Gasteiger partial charge on any atom is -0.377 e. The fourth-order valence-electron chi connectivity index (χ4n) is 2.22. The fraction of sp³-hybridized carbons (Fsp3) is 0.923. The SMILES string of the molecule is CCNC(C)(C#N)CCN(C)CC1CCCO1. The molecule has 2 unspecified atom stereocenters. The predicted octanol–water partition coefficient (Wildman–Crippen LogP) is 1.38. The molecule has 0 spiro atoms. The molecule has 0 aliphatic carbocycles. The maximum atomic E-state index is 9.16. The quantitative estimate of drug-likeness (QED) is 0.729. The van der Waals surface area contributed by atoms with Crippen molar-refractivity contribution in [1.29, 1.82) is 5.26 Å². The standard InChI is InChI=1S/C13H25N3O/c1-4-15-13(2,11-14)7-8-16(3)10-12-6-5-9-17-12/h12,15H,4-10H2,1-3H3. The van der Waals surface area contributed by atoms with Gasteiger partial charge < -0.3 is 9.64 Å². The molecule has 0 bridgehead atoms. The lowest BCUT2D eigenvalue weighted by Gasteiger charge is -2.27. The molecule has 2 atom stereocenters. The van der Waals surface area contributed by atoms with Crippen molar-refractivity contribution in [3.8, 4) is 6.07 Å². The lowest BCUT2D eigenvalue weighted by atomic mass is 9.99. The van der Waals surface area contributed by atoms with E-state index < -0.39 is 5.54 Å². The summed E-state index contributed by atoms with van der Waals surface area (Å²) in [7, 11) is 2.10. The molecular weight excluding hydrogens is 214 g/mol. The summed E-state index contributed by atoms with van der Waals surface area (Å²) in [5.41, 5.74) is -0.403. The van der Waals surface area contributed by atoms with Gasteiger partial charge in [0, 0.05) is 19.7 Å². The second-order valence-electron chi connectivity index (χ2n) is 5.12. The van der Waals surface area contributed by atoms with Crippen LogP contribution in [0.3, 0.4) is 0 Å². The van der Waals surface area contributed by atoms with Crippen LogP contribution in [0, 0.1) is 11.3 Å². The Hall–Kier alpha value is -0.630. The van der Waals surface area contributed by atoms with Crippen LogP contribution in [-0.2, 0) is 4.74 Å². The summed E-state index contributed by atoms with van der Waals surface area (Å²) in [5.74, 6) is 0. The van der Waals surface area contributed by atoms with E-state index in [-0.39, 0.29) is 0 Å². The summed E-state index contributed by atoms with van der Waals surface area (Å²) in [6.07, 6.45) is 3.60. The summed E-state index contributed by atoms with van der Waals surface area (Å²) in [4.78, 5) is 2.27. The molecule has 1 aliphatic rings. The van der Waals surface area contributed by atoms with Crippen molar-refractivity contribution in [2.45, 2.75) is 44.8 Å². The molecule has 0 aromatic carbocycles. The first-order chi connectivity index (χ1) is 8.09. The number of nitriles is 1. The first-order valence-electron chi connectivity index (χ1n) is 6.56. The number of rotatable bonds is 7. The van der Waals surface area contributed by atoms with Crippen LogP contribution in [0.25, 0.3) is 0 Å². The number of hydrogen-bond donors (Lipinski definition) is 1. The van der Waals surface area contributed by atoms with Crippen molar-refractivity contribution >= 4 is 0 Å². The topological polar surface area (TPSA) is 48.3 Å². The van der Waals surface area contributed by atoms with E-state index in [0.29, 0.717) is 6.10 Å². The van der Waals surface area contributed by atoms with E-state index >= 15 is 0 Å². The second kappa shape index (κ2) is 6.95. The third kappa shape index (κ3) is 5.03. The molecule has 0 aromatic rings. The van der Waals surface area contributed by atoms with E-state index in [1.54, 1.807) is 0 Å². The van der Waals surface area contributed by atoms with Gasteiger partial charge in [-0.1, -0.05) is 6.92 Å². The zero-order valence-electron chi connectivity index (χ0n) is 11.3. The van der Waals surface area contributed by atoms with Gasteiger partial charge in [0.15, 0.2) is 0 Å². The largest absolute Gasteiger partial charge is 0.377 e. The molecule has 1 aliphatic heterocycles. The van der Waals surface area contributed by atoms with Crippen molar-refractivity contribution in [3.63, 3.8) is 0 Å². The van der Waals surface area contributed by atoms with Gasteiger partial charge in [-0.2, -0.15) is 5.26 Å². The lowest BCUT2D eigenvalue weighted by Crippen LogP contribution is -2.44. The Morgan fingerprint density at radius 1 is 1.59 bits per heavy atom. The van der Waals surface area contributed by atoms with Gasteiger partial charge in [-0.3, -0.25) is 5.32 Å². The van der Waals surface area contributed by atoms with E-state index in [1.165, 1.54) is 12.8 Å². The molecule has 17 heavy (non-hydrogen) atoms. The highest BCUT2D eigenvalue weighted by atomic mass is 16.5. The summed E-state index contributed by atoms with van der Waals surface area (Å²) in [6, 6.07) is 2.36. The minimum atomic E-state index is -0.403. The molecule has 1 heterocycles. The Morgan fingerprint density at radius 2 is 2.35 bits per heavy atom. The third-order valence-corrected chi connectivity index (χ3v) is 3.35. The molecule has 0 aromatic heterocycles. The number of likely N-dealkylation sites (N-methyl/N-ethyl adjacent to an activating group) is 1. The van der Waals surface area contributed by atoms with Crippen LogP contribution in [-0.4, -0.2) is 49.8 Å². The van der Waals surface area contributed by atoms with Crippen LogP contribution in [0.5, 0.6) is 0 Å². The van der Waals surface area contributed by atoms with Gasteiger partial charge in [0.2, 0.25) is 0 Å². The van der Waals surface area contributed by atoms with Crippen LogP contribution in [0.4, 0.5) is 0 Å². The van der Waals surface area contributed by atoms with Crippen molar-refractivity contribution < 1.29 is 4.74 Å². The maximum Gasteiger partial charge on any atom is 0.105 e. The Morgan fingerprint density at radius 3 is 2.88 bits per heavy atom. The maximum absolute atomic E-state index is 9.16. The summed E-state index contributed by atoms with van der Waals surface area (Å²) >= 11 is 0.